The number of aromatic nitrogens is 2. The number of aliphatic hydroxyl groups is 1. The maximum atomic E-state index is 10.3. The molecule has 1 aromatic carbocycles. The van der Waals surface area contributed by atoms with E-state index in [9.17, 15) is 5.11 Å². The van der Waals surface area contributed by atoms with E-state index in [0.717, 1.165) is 31.7 Å². The number of piperidine rings is 1. The van der Waals surface area contributed by atoms with Crippen LogP contribution in [0.3, 0.4) is 0 Å². The second-order valence-corrected chi connectivity index (χ2v) is 6.56. The van der Waals surface area contributed by atoms with Crippen LogP contribution >= 0.6 is 0 Å². The average Bonchev–Trinajstić information content (AvgIpc) is 3.01. The smallest absolute Gasteiger partial charge is 0.231 e. The third kappa shape index (κ3) is 4.55. The molecule has 24 heavy (non-hydrogen) atoms. The third-order valence-corrected chi connectivity index (χ3v) is 4.33. The highest BCUT2D eigenvalue weighted by Crippen LogP contribution is 2.25. The zero-order valence-electron chi connectivity index (χ0n) is 14.3. The van der Waals surface area contributed by atoms with Crippen molar-refractivity contribution < 1.29 is 14.4 Å². The summed E-state index contributed by atoms with van der Waals surface area (Å²) in [5.74, 6) is 2.43. The molecule has 1 fully saturated rings. The van der Waals surface area contributed by atoms with E-state index in [-0.39, 0.29) is 5.92 Å². The monoisotopic (exact) mass is 331 g/mol. The molecule has 0 amide bonds. The van der Waals surface area contributed by atoms with Gasteiger partial charge in [0.15, 0.2) is 5.82 Å². The molecule has 2 heterocycles. The summed E-state index contributed by atoms with van der Waals surface area (Å²) in [5, 5.41) is 14.1. The predicted octanol–water partition coefficient (Wildman–Crippen LogP) is 2.31. The molecule has 3 rings (SSSR count). The lowest BCUT2D eigenvalue weighted by atomic mass is 9.98. The van der Waals surface area contributed by atoms with E-state index in [1.54, 1.807) is 0 Å². The quantitative estimate of drug-likeness (QED) is 0.876. The van der Waals surface area contributed by atoms with Crippen LogP contribution in [0.1, 0.15) is 36.0 Å². The highest BCUT2D eigenvalue weighted by Gasteiger charge is 2.26. The fourth-order valence-corrected chi connectivity index (χ4v) is 3.08. The normalized spacial score (nSPS) is 20.0. The van der Waals surface area contributed by atoms with Crippen LogP contribution in [-0.4, -0.2) is 52.5 Å². The number of aliphatic hydroxyl groups excluding tert-OH is 1. The second kappa shape index (κ2) is 7.77. The van der Waals surface area contributed by atoms with Crippen LogP contribution in [-0.2, 0) is 0 Å². The van der Waals surface area contributed by atoms with Gasteiger partial charge < -0.3 is 14.4 Å². The largest absolute Gasteiger partial charge is 0.491 e. The molecule has 0 spiro atoms. The lowest BCUT2D eigenvalue weighted by Gasteiger charge is -2.32. The number of rotatable bonds is 6. The lowest BCUT2D eigenvalue weighted by Crippen LogP contribution is -2.41. The zero-order valence-corrected chi connectivity index (χ0v) is 14.3. The predicted molar refractivity (Wildman–Crippen MR) is 90.1 cm³/mol. The highest BCUT2D eigenvalue weighted by molar-refractivity contribution is 5.26. The number of nitrogens with zero attached hydrogens (tertiary/aromatic N) is 3. The van der Waals surface area contributed by atoms with Crippen molar-refractivity contribution in [1.82, 2.24) is 15.0 Å². The van der Waals surface area contributed by atoms with Crippen molar-refractivity contribution in [3.05, 3.63) is 41.5 Å². The Bertz CT molecular complexity index is 641. The van der Waals surface area contributed by atoms with Crippen molar-refractivity contribution >= 4 is 0 Å². The summed E-state index contributed by atoms with van der Waals surface area (Å²) >= 11 is 0. The van der Waals surface area contributed by atoms with Gasteiger partial charge in [-0.05, 0) is 45.4 Å². The topological polar surface area (TPSA) is 71.6 Å². The molecule has 6 nitrogen and oxygen atoms in total. The van der Waals surface area contributed by atoms with Crippen molar-refractivity contribution in [1.29, 1.82) is 0 Å². The molecule has 1 aromatic heterocycles. The number of ether oxygens (including phenoxy) is 1. The first-order valence-corrected chi connectivity index (χ1v) is 8.50. The Kier molecular flexibility index (Phi) is 5.48. The summed E-state index contributed by atoms with van der Waals surface area (Å²) in [4.78, 5) is 6.59. The van der Waals surface area contributed by atoms with Crippen LogP contribution in [0.2, 0.25) is 0 Å². The average molecular weight is 331 g/mol. The van der Waals surface area contributed by atoms with E-state index in [4.69, 9.17) is 9.26 Å². The summed E-state index contributed by atoms with van der Waals surface area (Å²) in [7, 11) is 0. The number of β-amino-alcohol motifs (C(OH)–C–C–N with tert-alkyl or cyclic N) is 1. The second-order valence-electron chi connectivity index (χ2n) is 6.56. The summed E-state index contributed by atoms with van der Waals surface area (Å²) in [6, 6.07) is 7.86. The maximum absolute atomic E-state index is 10.3. The zero-order chi connectivity index (χ0) is 16.9. The van der Waals surface area contributed by atoms with E-state index < -0.39 is 6.10 Å². The van der Waals surface area contributed by atoms with Crippen LogP contribution in [0.15, 0.2) is 28.8 Å². The van der Waals surface area contributed by atoms with Gasteiger partial charge >= 0.3 is 0 Å². The Morgan fingerprint density at radius 1 is 1.33 bits per heavy atom. The lowest BCUT2D eigenvalue weighted by molar-refractivity contribution is 0.0561. The Morgan fingerprint density at radius 3 is 2.83 bits per heavy atom. The first kappa shape index (κ1) is 16.9. The molecule has 2 aromatic rings. The van der Waals surface area contributed by atoms with Crippen LogP contribution < -0.4 is 4.74 Å². The van der Waals surface area contributed by atoms with Gasteiger partial charge in [-0.25, -0.2) is 0 Å². The third-order valence-electron chi connectivity index (χ3n) is 4.33. The molecule has 6 heteroatoms. The maximum Gasteiger partial charge on any atom is 0.231 e. The van der Waals surface area contributed by atoms with Gasteiger partial charge in [-0.3, -0.25) is 4.90 Å². The van der Waals surface area contributed by atoms with E-state index in [2.05, 4.69) is 15.0 Å². The van der Waals surface area contributed by atoms with E-state index in [0.29, 0.717) is 24.9 Å². The van der Waals surface area contributed by atoms with Crippen molar-refractivity contribution in [2.45, 2.75) is 38.7 Å². The Morgan fingerprint density at radius 2 is 2.12 bits per heavy atom. The van der Waals surface area contributed by atoms with Gasteiger partial charge in [-0.2, -0.15) is 4.98 Å². The highest BCUT2D eigenvalue weighted by atomic mass is 16.5. The van der Waals surface area contributed by atoms with Gasteiger partial charge in [0.25, 0.3) is 0 Å². The van der Waals surface area contributed by atoms with E-state index in [1.807, 2.05) is 38.1 Å². The molecular weight excluding hydrogens is 306 g/mol. The van der Waals surface area contributed by atoms with E-state index in [1.165, 1.54) is 5.56 Å². The van der Waals surface area contributed by atoms with Crippen LogP contribution in [0, 0.1) is 13.8 Å². The fraction of sp³-hybridized carbons (Fsp3) is 0.556. The molecule has 1 N–H and O–H groups in total. The number of hydrogen-bond acceptors (Lipinski definition) is 6. The van der Waals surface area contributed by atoms with Gasteiger partial charge in [-0.15, -0.1) is 0 Å². The summed E-state index contributed by atoms with van der Waals surface area (Å²) in [5.41, 5.74) is 1.19. The first-order valence-electron chi connectivity index (χ1n) is 8.50. The van der Waals surface area contributed by atoms with Gasteiger partial charge in [-0.1, -0.05) is 22.9 Å². The molecule has 130 valence electrons. The van der Waals surface area contributed by atoms with Gasteiger partial charge in [0, 0.05) is 13.1 Å². The number of aryl methyl sites for hydroxylation is 2. The van der Waals surface area contributed by atoms with Gasteiger partial charge in [0.1, 0.15) is 18.5 Å². The summed E-state index contributed by atoms with van der Waals surface area (Å²) in [6.07, 6.45) is 1.60. The first-order chi connectivity index (χ1) is 11.6. The molecule has 0 saturated carbocycles. The minimum atomic E-state index is -0.519. The summed E-state index contributed by atoms with van der Waals surface area (Å²) < 4.78 is 11.0. The van der Waals surface area contributed by atoms with Gasteiger partial charge in [0.05, 0.1) is 5.92 Å². The minimum absolute atomic E-state index is 0.255. The van der Waals surface area contributed by atoms with Crippen molar-refractivity contribution in [2.24, 2.45) is 0 Å². The molecule has 0 radical (unpaired) electrons. The number of hydrogen-bond donors (Lipinski definition) is 1. The molecule has 2 unspecified atom stereocenters. The van der Waals surface area contributed by atoms with Crippen LogP contribution in [0.4, 0.5) is 0 Å². The molecule has 2 atom stereocenters. The van der Waals surface area contributed by atoms with Crippen molar-refractivity contribution in [3.8, 4) is 5.75 Å². The standard InChI is InChI=1S/C18H25N3O3/c1-13-5-7-17(8-6-13)23-12-16(22)11-21-9-3-4-15(10-21)18-19-14(2)20-24-18/h5-8,15-16,22H,3-4,9-12H2,1-2H3. The molecule has 1 aliphatic heterocycles. The van der Waals surface area contributed by atoms with Crippen molar-refractivity contribution in [3.63, 3.8) is 0 Å². The molecule has 0 aliphatic carbocycles. The molecule has 1 aliphatic rings. The molecular formula is C18H25N3O3. The SMILES string of the molecule is Cc1ccc(OCC(O)CN2CCCC(c3nc(C)no3)C2)cc1. The van der Waals surface area contributed by atoms with Crippen LogP contribution in [0.25, 0.3) is 0 Å². The van der Waals surface area contributed by atoms with Gasteiger partial charge in [0.2, 0.25) is 5.89 Å². The minimum Gasteiger partial charge on any atom is -0.491 e. The van der Waals surface area contributed by atoms with E-state index >= 15 is 0 Å². The fourth-order valence-electron chi connectivity index (χ4n) is 3.08. The summed E-state index contributed by atoms with van der Waals surface area (Å²) in [6.45, 7) is 6.57. The Balaban J connectivity index is 1.47. The van der Waals surface area contributed by atoms with Crippen LogP contribution in [0.5, 0.6) is 5.75 Å². The number of likely N-dealkylation sites (tertiary alicyclic amines) is 1. The number of benzene rings is 1. The molecule has 1 saturated heterocycles. The Labute approximate surface area is 142 Å². The Hall–Kier alpha value is -1.92. The molecule has 0 bridgehead atoms. The van der Waals surface area contributed by atoms with Crippen molar-refractivity contribution in [2.75, 3.05) is 26.2 Å².